The average molecular weight is 166 g/mol. The molecule has 0 atom stereocenters. The van der Waals surface area contributed by atoms with Crippen molar-refractivity contribution in [3.63, 3.8) is 0 Å². The van der Waals surface area contributed by atoms with Crippen LogP contribution in [0, 0.1) is 0 Å². The summed E-state index contributed by atoms with van der Waals surface area (Å²) in [6.45, 7) is 6.04. The van der Waals surface area contributed by atoms with Gasteiger partial charge in [-0.1, -0.05) is 6.92 Å². The molecule has 2 aliphatic heterocycles. The fraction of sp³-hybridized carbons (Fsp3) is 0.750. The number of hydrogen-bond donors (Lipinski definition) is 0. The van der Waals surface area contributed by atoms with Gasteiger partial charge in [0.2, 0.25) is 0 Å². The van der Waals surface area contributed by atoms with Gasteiger partial charge in [0.25, 0.3) is 0 Å². The molecule has 0 fully saturated rings. The minimum Gasteiger partial charge on any atom is -0.272 e. The minimum atomic E-state index is 0.924. The van der Waals surface area contributed by atoms with Crippen LogP contribution in [0.3, 0.4) is 0 Å². The summed E-state index contributed by atoms with van der Waals surface area (Å²) in [5, 5.41) is 4.39. The molecule has 2 rings (SSSR count). The summed E-state index contributed by atoms with van der Waals surface area (Å²) in [5.74, 6) is 1.20. The van der Waals surface area contributed by atoms with E-state index in [0.29, 0.717) is 0 Å². The smallest absolute Gasteiger partial charge is 0.117 e. The third-order valence-electron chi connectivity index (χ3n) is 2.20. The molecule has 2 aliphatic rings. The van der Waals surface area contributed by atoms with Gasteiger partial charge < -0.3 is 0 Å². The van der Waals surface area contributed by atoms with Gasteiger partial charge in [-0.25, -0.2) is 0 Å². The Morgan fingerprint density at radius 2 is 2.33 bits per heavy atom. The molecule has 0 aliphatic carbocycles. The zero-order valence-corrected chi connectivity index (χ0v) is 7.40. The van der Waals surface area contributed by atoms with Gasteiger partial charge in [0.15, 0.2) is 0 Å². The molecule has 0 aromatic rings. The van der Waals surface area contributed by atoms with E-state index in [-0.39, 0.29) is 0 Å². The van der Waals surface area contributed by atoms with Crippen molar-refractivity contribution in [2.45, 2.75) is 13.3 Å². The monoisotopic (exact) mass is 166 g/mol. The maximum absolute atomic E-state index is 4.42. The number of rotatable bonds is 2. The Labute approximate surface area is 72.6 Å². The van der Waals surface area contributed by atoms with Crippen molar-refractivity contribution in [3.05, 3.63) is 0 Å². The van der Waals surface area contributed by atoms with Gasteiger partial charge in [0, 0.05) is 6.42 Å². The third kappa shape index (κ3) is 1.17. The van der Waals surface area contributed by atoms with Crippen molar-refractivity contribution < 1.29 is 0 Å². The number of hydrazine groups is 1. The van der Waals surface area contributed by atoms with E-state index in [0.717, 1.165) is 32.6 Å². The van der Waals surface area contributed by atoms with Crippen molar-refractivity contribution in [2.75, 3.05) is 26.2 Å². The Kier molecular flexibility index (Phi) is 1.98. The van der Waals surface area contributed by atoms with E-state index < -0.39 is 0 Å². The van der Waals surface area contributed by atoms with Crippen LogP contribution in [0.4, 0.5) is 0 Å². The van der Waals surface area contributed by atoms with Crippen molar-refractivity contribution in [2.24, 2.45) is 9.98 Å². The van der Waals surface area contributed by atoms with Crippen LogP contribution in [0.1, 0.15) is 13.3 Å². The lowest BCUT2D eigenvalue weighted by atomic mass is 10.4. The molecule has 0 aromatic heterocycles. The Bertz CT molecular complexity index is 221. The first kappa shape index (κ1) is 7.58. The van der Waals surface area contributed by atoms with Gasteiger partial charge in [-0.15, -0.1) is 0 Å². The second-order valence-electron chi connectivity index (χ2n) is 2.96. The van der Waals surface area contributed by atoms with E-state index >= 15 is 0 Å². The third-order valence-corrected chi connectivity index (χ3v) is 2.20. The van der Waals surface area contributed by atoms with E-state index in [2.05, 4.69) is 26.9 Å². The molecule has 4 nitrogen and oxygen atoms in total. The summed E-state index contributed by atoms with van der Waals surface area (Å²) in [6.07, 6.45) is 2.93. The van der Waals surface area contributed by atoms with Crippen molar-refractivity contribution in [3.8, 4) is 0 Å². The summed E-state index contributed by atoms with van der Waals surface area (Å²) in [4.78, 5) is 8.60. The minimum absolute atomic E-state index is 0.924. The summed E-state index contributed by atoms with van der Waals surface area (Å²) < 4.78 is 0. The predicted octanol–water partition coefficient (Wildman–Crippen LogP) is 0.369. The summed E-state index contributed by atoms with van der Waals surface area (Å²) in [7, 11) is 0. The van der Waals surface area contributed by atoms with Crippen LogP contribution in [0.5, 0.6) is 0 Å². The molecule has 0 radical (unpaired) electrons. The first-order valence-electron chi connectivity index (χ1n) is 4.49. The van der Waals surface area contributed by atoms with Gasteiger partial charge in [0.1, 0.15) is 12.2 Å². The normalized spacial score (nSPS) is 22.2. The second-order valence-corrected chi connectivity index (χ2v) is 2.96. The fourth-order valence-corrected chi connectivity index (χ4v) is 1.61. The first-order chi connectivity index (χ1) is 5.92. The Morgan fingerprint density at radius 1 is 1.42 bits per heavy atom. The topological polar surface area (TPSA) is 31.2 Å². The van der Waals surface area contributed by atoms with E-state index in [9.17, 15) is 0 Å². The van der Waals surface area contributed by atoms with Gasteiger partial charge in [-0.05, 0) is 0 Å². The highest BCUT2D eigenvalue weighted by Crippen LogP contribution is 2.09. The van der Waals surface area contributed by atoms with E-state index in [1.54, 1.807) is 0 Å². The molecule has 2 heterocycles. The highest BCUT2D eigenvalue weighted by atomic mass is 15.7. The van der Waals surface area contributed by atoms with Crippen LogP contribution in [0.2, 0.25) is 0 Å². The van der Waals surface area contributed by atoms with Crippen molar-refractivity contribution >= 4 is 12.2 Å². The molecule has 0 unspecified atom stereocenters. The lowest BCUT2D eigenvalue weighted by Gasteiger charge is -2.28. The van der Waals surface area contributed by atoms with Crippen LogP contribution in [0.25, 0.3) is 0 Å². The molecule has 0 saturated carbocycles. The standard InChI is InChI=1S/C8H14N4/c1-2-8-10-4-6-12(8)11-5-3-9-7-11/h7H,2-6H2,1H3. The lowest BCUT2D eigenvalue weighted by Crippen LogP contribution is -2.42. The lowest BCUT2D eigenvalue weighted by molar-refractivity contribution is 0.166. The highest BCUT2D eigenvalue weighted by molar-refractivity contribution is 5.84. The van der Waals surface area contributed by atoms with Gasteiger partial charge >= 0.3 is 0 Å². The molecule has 0 saturated heterocycles. The Hall–Kier alpha value is -1.06. The molecule has 0 N–H and O–H groups in total. The van der Waals surface area contributed by atoms with Crippen LogP contribution < -0.4 is 0 Å². The molecule has 0 spiro atoms. The molecule has 0 aromatic carbocycles. The van der Waals surface area contributed by atoms with E-state index in [1.807, 2.05) is 6.34 Å². The quantitative estimate of drug-likeness (QED) is 0.593. The number of amidine groups is 1. The highest BCUT2D eigenvalue weighted by Gasteiger charge is 2.21. The zero-order valence-electron chi connectivity index (χ0n) is 7.40. The number of aliphatic imine (C=N–C) groups is 2. The Morgan fingerprint density at radius 3 is 3.00 bits per heavy atom. The van der Waals surface area contributed by atoms with Crippen LogP contribution in [-0.2, 0) is 0 Å². The molecule has 66 valence electrons. The molecule has 12 heavy (non-hydrogen) atoms. The van der Waals surface area contributed by atoms with Gasteiger partial charge in [-0.3, -0.25) is 20.0 Å². The average Bonchev–Trinajstić information content (AvgIpc) is 2.74. The van der Waals surface area contributed by atoms with Crippen molar-refractivity contribution in [1.29, 1.82) is 0 Å². The maximum Gasteiger partial charge on any atom is 0.117 e. The SMILES string of the molecule is CCC1=NCCN1N1C=NCC1. The Balaban J connectivity index is 2.03. The number of hydrogen-bond acceptors (Lipinski definition) is 4. The van der Waals surface area contributed by atoms with Crippen molar-refractivity contribution in [1.82, 2.24) is 10.0 Å². The zero-order chi connectivity index (χ0) is 8.39. The fourth-order valence-electron chi connectivity index (χ4n) is 1.61. The van der Waals surface area contributed by atoms with Gasteiger partial charge in [0.05, 0.1) is 26.2 Å². The second kappa shape index (κ2) is 3.13. The molecule has 0 bridgehead atoms. The first-order valence-corrected chi connectivity index (χ1v) is 4.49. The van der Waals surface area contributed by atoms with Crippen LogP contribution in [-0.4, -0.2) is 48.4 Å². The molecule has 0 amide bonds. The summed E-state index contributed by atoms with van der Waals surface area (Å²) >= 11 is 0. The molecular formula is C8H14N4. The number of nitrogens with zero attached hydrogens (tertiary/aromatic N) is 4. The van der Waals surface area contributed by atoms with Crippen LogP contribution >= 0.6 is 0 Å². The largest absolute Gasteiger partial charge is 0.272 e. The molecule has 4 heteroatoms. The maximum atomic E-state index is 4.42. The predicted molar refractivity (Wildman–Crippen MR) is 49.4 cm³/mol. The summed E-state index contributed by atoms with van der Waals surface area (Å²) in [5.41, 5.74) is 0. The molecular weight excluding hydrogens is 152 g/mol. The van der Waals surface area contributed by atoms with Crippen LogP contribution in [0.15, 0.2) is 9.98 Å². The van der Waals surface area contributed by atoms with E-state index in [1.165, 1.54) is 5.84 Å². The van der Waals surface area contributed by atoms with Gasteiger partial charge in [-0.2, -0.15) is 0 Å². The van der Waals surface area contributed by atoms with E-state index in [4.69, 9.17) is 0 Å². The summed E-state index contributed by atoms with van der Waals surface area (Å²) in [6, 6.07) is 0.